The van der Waals surface area contributed by atoms with Crippen LogP contribution in [0.3, 0.4) is 0 Å². The van der Waals surface area contributed by atoms with Crippen LogP contribution in [0.2, 0.25) is 0 Å². The van der Waals surface area contributed by atoms with Crippen molar-refractivity contribution in [3.05, 3.63) is 24.3 Å². The zero-order chi connectivity index (χ0) is 20.1. The number of amides is 2. The van der Waals surface area contributed by atoms with E-state index in [4.69, 9.17) is 0 Å². The second kappa shape index (κ2) is 8.89. The lowest BCUT2D eigenvalue weighted by molar-refractivity contribution is -0.114. The minimum absolute atomic E-state index is 0.155. The molecule has 10 nitrogen and oxygen atoms in total. The highest BCUT2D eigenvalue weighted by molar-refractivity contribution is 7.99. The number of nitrogens with zero attached hydrogens (tertiary/aromatic N) is 5. The summed E-state index contributed by atoms with van der Waals surface area (Å²) in [5.74, 6) is 0.213. The van der Waals surface area contributed by atoms with Crippen molar-refractivity contribution in [1.82, 2.24) is 25.1 Å². The van der Waals surface area contributed by atoms with Gasteiger partial charge in [-0.3, -0.25) is 9.59 Å². The average Bonchev–Trinajstić information content (AvgIpc) is 3.26. The molecule has 2 heterocycles. The van der Waals surface area contributed by atoms with E-state index in [0.29, 0.717) is 11.0 Å². The Morgan fingerprint density at radius 1 is 1.18 bits per heavy atom. The molecule has 0 atom stereocenters. The third-order valence-corrected chi connectivity index (χ3v) is 5.36. The van der Waals surface area contributed by atoms with Gasteiger partial charge in [-0.2, -0.15) is 0 Å². The van der Waals surface area contributed by atoms with Crippen molar-refractivity contribution in [2.24, 2.45) is 7.05 Å². The first-order valence-corrected chi connectivity index (χ1v) is 10.3. The fourth-order valence-electron chi connectivity index (χ4n) is 2.30. The van der Waals surface area contributed by atoms with Gasteiger partial charge < -0.3 is 15.2 Å². The minimum atomic E-state index is -0.309. The standard InChI is InChI=1S/C16H17N7O3S2/c1-9(24)17-14-13(21-26-22-14)15-19-20-16(23(15)2)28-8-12(25)18-10-6-4-5-7-11(10)27-3/h4-7H,8H2,1-3H3,(H,18,25)(H,17,22,24). The summed E-state index contributed by atoms with van der Waals surface area (Å²) in [5, 5.41) is 21.5. The maximum atomic E-state index is 12.3. The number of hydrogen-bond acceptors (Lipinski definition) is 9. The van der Waals surface area contributed by atoms with Gasteiger partial charge in [-0.05, 0) is 28.7 Å². The smallest absolute Gasteiger partial charge is 0.234 e. The lowest BCUT2D eigenvalue weighted by Gasteiger charge is -2.08. The van der Waals surface area contributed by atoms with Crippen LogP contribution in [0.25, 0.3) is 11.5 Å². The van der Waals surface area contributed by atoms with Crippen LogP contribution >= 0.6 is 23.5 Å². The van der Waals surface area contributed by atoms with E-state index in [1.54, 1.807) is 23.4 Å². The molecule has 28 heavy (non-hydrogen) atoms. The normalized spacial score (nSPS) is 10.7. The first-order chi connectivity index (χ1) is 13.5. The van der Waals surface area contributed by atoms with E-state index in [9.17, 15) is 9.59 Å². The highest BCUT2D eigenvalue weighted by Crippen LogP contribution is 2.27. The maximum absolute atomic E-state index is 12.3. The number of carbonyl (C=O) groups is 2. The zero-order valence-electron chi connectivity index (χ0n) is 15.3. The monoisotopic (exact) mass is 419 g/mol. The molecule has 3 aromatic rings. The third kappa shape index (κ3) is 4.51. The highest BCUT2D eigenvalue weighted by atomic mass is 32.2. The number of thioether (sulfide) groups is 2. The number of para-hydroxylation sites is 1. The highest BCUT2D eigenvalue weighted by Gasteiger charge is 2.21. The van der Waals surface area contributed by atoms with Crippen molar-refractivity contribution in [3.8, 4) is 11.5 Å². The van der Waals surface area contributed by atoms with Gasteiger partial charge in [0.15, 0.2) is 16.7 Å². The van der Waals surface area contributed by atoms with E-state index >= 15 is 0 Å². The van der Waals surface area contributed by atoms with E-state index in [-0.39, 0.29) is 29.1 Å². The number of nitrogens with one attached hydrogen (secondary N) is 2. The van der Waals surface area contributed by atoms with Crippen LogP contribution in [-0.4, -0.2) is 48.9 Å². The van der Waals surface area contributed by atoms with Crippen LogP contribution in [0.1, 0.15) is 6.92 Å². The summed E-state index contributed by atoms with van der Waals surface area (Å²) in [6.45, 7) is 1.35. The van der Waals surface area contributed by atoms with Crippen molar-refractivity contribution in [2.75, 3.05) is 22.6 Å². The van der Waals surface area contributed by atoms with Crippen molar-refractivity contribution >= 4 is 46.8 Å². The van der Waals surface area contributed by atoms with Gasteiger partial charge in [0.05, 0.1) is 11.4 Å². The van der Waals surface area contributed by atoms with Gasteiger partial charge in [0, 0.05) is 18.9 Å². The van der Waals surface area contributed by atoms with Crippen molar-refractivity contribution in [2.45, 2.75) is 17.0 Å². The molecule has 0 aliphatic carbocycles. The Labute approximate surface area is 168 Å². The van der Waals surface area contributed by atoms with Crippen LogP contribution < -0.4 is 10.6 Å². The molecule has 0 aliphatic rings. The molecule has 2 aromatic heterocycles. The average molecular weight is 419 g/mol. The van der Waals surface area contributed by atoms with Crippen LogP contribution in [0.5, 0.6) is 0 Å². The summed E-state index contributed by atoms with van der Waals surface area (Å²) in [4.78, 5) is 24.5. The van der Waals surface area contributed by atoms with Crippen LogP contribution in [-0.2, 0) is 16.6 Å². The zero-order valence-corrected chi connectivity index (χ0v) is 16.9. The number of aromatic nitrogens is 5. The first-order valence-electron chi connectivity index (χ1n) is 8.05. The second-order valence-corrected chi connectivity index (χ2v) is 7.34. The van der Waals surface area contributed by atoms with Crippen molar-refractivity contribution < 1.29 is 14.2 Å². The summed E-state index contributed by atoms with van der Waals surface area (Å²) in [6.07, 6.45) is 1.95. The van der Waals surface area contributed by atoms with Crippen molar-refractivity contribution in [3.63, 3.8) is 0 Å². The molecular formula is C16H17N7O3S2. The Morgan fingerprint density at radius 2 is 1.96 bits per heavy atom. The molecule has 0 spiro atoms. The Balaban J connectivity index is 1.67. The number of hydrogen-bond donors (Lipinski definition) is 2. The number of benzene rings is 1. The maximum Gasteiger partial charge on any atom is 0.234 e. The quantitative estimate of drug-likeness (QED) is 0.554. The lowest BCUT2D eigenvalue weighted by atomic mass is 10.3. The van der Waals surface area contributed by atoms with Crippen molar-refractivity contribution in [1.29, 1.82) is 0 Å². The Bertz CT molecular complexity index is 1000. The SMILES string of the molecule is CSc1ccccc1NC(=O)CSc1nnc(-c2nonc2NC(C)=O)n1C. The Morgan fingerprint density at radius 3 is 2.71 bits per heavy atom. The molecule has 0 saturated carbocycles. The van der Waals surface area contributed by atoms with Crippen LogP contribution in [0.4, 0.5) is 11.5 Å². The third-order valence-electron chi connectivity index (χ3n) is 3.54. The summed E-state index contributed by atoms with van der Waals surface area (Å²) < 4.78 is 6.33. The van der Waals surface area contributed by atoms with E-state index < -0.39 is 0 Å². The lowest BCUT2D eigenvalue weighted by Crippen LogP contribution is -2.15. The molecule has 0 fully saturated rings. The number of anilines is 2. The van der Waals surface area contributed by atoms with Crippen LogP contribution in [0.15, 0.2) is 38.9 Å². The second-order valence-electron chi connectivity index (χ2n) is 5.54. The first kappa shape index (κ1) is 19.9. The van der Waals surface area contributed by atoms with E-state index in [1.807, 2.05) is 30.5 Å². The molecule has 146 valence electrons. The molecule has 1 aromatic carbocycles. The predicted molar refractivity (Wildman–Crippen MR) is 106 cm³/mol. The summed E-state index contributed by atoms with van der Waals surface area (Å²) in [6, 6.07) is 7.60. The molecule has 0 unspecified atom stereocenters. The van der Waals surface area contributed by atoms with Gasteiger partial charge in [-0.1, -0.05) is 23.9 Å². The Hall–Kier alpha value is -2.86. The van der Waals surface area contributed by atoms with Gasteiger partial charge in [0.1, 0.15) is 0 Å². The van der Waals surface area contributed by atoms with Gasteiger partial charge in [-0.15, -0.1) is 22.0 Å². The van der Waals surface area contributed by atoms with Crippen LogP contribution in [0, 0.1) is 0 Å². The molecule has 3 rings (SSSR count). The van der Waals surface area contributed by atoms with E-state index in [2.05, 4.69) is 35.8 Å². The summed E-state index contributed by atoms with van der Waals surface area (Å²) >= 11 is 2.79. The number of rotatable bonds is 7. The number of carbonyl (C=O) groups excluding carboxylic acids is 2. The summed E-state index contributed by atoms with van der Waals surface area (Å²) in [5.41, 5.74) is 1.03. The largest absolute Gasteiger partial charge is 0.324 e. The fourth-order valence-corrected chi connectivity index (χ4v) is 3.56. The van der Waals surface area contributed by atoms with Gasteiger partial charge in [0.2, 0.25) is 17.6 Å². The molecule has 2 N–H and O–H groups in total. The van der Waals surface area contributed by atoms with Gasteiger partial charge >= 0.3 is 0 Å². The van der Waals surface area contributed by atoms with Gasteiger partial charge in [0.25, 0.3) is 0 Å². The molecule has 12 heteroatoms. The van der Waals surface area contributed by atoms with Gasteiger partial charge in [-0.25, -0.2) is 4.63 Å². The van der Waals surface area contributed by atoms with E-state index in [0.717, 1.165) is 10.6 Å². The molecule has 2 amide bonds. The topological polar surface area (TPSA) is 128 Å². The predicted octanol–water partition coefficient (Wildman–Crippen LogP) is 2.28. The minimum Gasteiger partial charge on any atom is -0.324 e. The molecule has 0 aliphatic heterocycles. The molecule has 0 saturated heterocycles. The van der Waals surface area contributed by atoms with E-state index in [1.165, 1.54) is 18.7 Å². The fraction of sp³-hybridized carbons (Fsp3) is 0.250. The molecule has 0 radical (unpaired) electrons. The molecular weight excluding hydrogens is 402 g/mol. The molecule has 0 bridgehead atoms. The summed E-state index contributed by atoms with van der Waals surface area (Å²) in [7, 11) is 1.73. The Kier molecular flexibility index (Phi) is 6.31.